The van der Waals surface area contributed by atoms with Crippen LogP contribution in [-0.4, -0.2) is 97.7 Å². The highest BCUT2D eigenvalue weighted by molar-refractivity contribution is 7.87. The molecule has 0 aliphatic carbocycles. The Labute approximate surface area is 361 Å². The summed E-state index contributed by atoms with van der Waals surface area (Å²) in [7, 11) is 4.16. The molecule has 16 nitrogen and oxygen atoms in total. The van der Waals surface area contributed by atoms with Gasteiger partial charge in [0.15, 0.2) is 35.5 Å². The van der Waals surface area contributed by atoms with Crippen molar-refractivity contribution >= 4 is 34.1 Å². The average molecular weight is 877 g/mol. The molecular formula is C45H52N2O14S. The Hall–Kier alpha value is -6.46. The number of hydrogen-bond donors (Lipinski definition) is 0. The monoisotopic (exact) mass is 876 g/mol. The fourth-order valence-corrected chi connectivity index (χ4v) is 7.97. The second kappa shape index (κ2) is 19.9. The van der Waals surface area contributed by atoms with Crippen molar-refractivity contribution < 1.29 is 64.9 Å². The van der Waals surface area contributed by atoms with Gasteiger partial charge in [0.1, 0.15) is 28.1 Å². The quantitative estimate of drug-likeness (QED) is 0.0617. The van der Waals surface area contributed by atoms with Gasteiger partial charge in [0.25, 0.3) is 11.8 Å². The average Bonchev–Trinajstić information content (AvgIpc) is 3.24. The van der Waals surface area contributed by atoms with Gasteiger partial charge in [-0.25, -0.2) is 9.69 Å². The number of hydrogen-bond acceptors (Lipinski definition) is 14. The molecule has 0 N–H and O–H groups in total. The number of amides is 3. The zero-order valence-corrected chi connectivity index (χ0v) is 37.5. The molecule has 1 aliphatic rings. The van der Waals surface area contributed by atoms with Gasteiger partial charge in [-0.15, -0.1) is 0 Å². The molecule has 1 atom stereocenters. The van der Waals surface area contributed by atoms with E-state index in [1.807, 2.05) is 6.92 Å². The summed E-state index contributed by atoms with van der Waals surface area (Å²) < 4.78 is 78.2. The summed E-state index contributed by atoms with van der Waals surface area (Å²) in [6.07, 6.45) is -0.779. The lowest BCUT2D eigenvalue weighted by Crippen LogP contribution is -2.61. The molecule has 0 radical (unpaired) electrons. The van der Waals surface area contributed by atoms with Crippen molar-refractivity contribution in [3.63, 3.8) is 0 Å². The van der Waals surface area contributed by atoms with Crippen LogP contribution in [0.3, 0.4) is 0 Å². The summed E-state index contributed by atoms with van der Waals surface area (Å²) in [6.45, 7) is 7.97. The summed E-state index contributed by atoms with van der Waals surface area (Å²) in [5.41, 5.74) is 2.20. The molecule has 1 aliphatic heterocycles. The SMILES string of the molecule is COCOc1c(CC2C(=O)N(Cc3ccc(OC)cc3)/C(=C\c3cc(OC)c(OC)c(C)c3OS(=O)(=O)c3ccc(C)cc3)C(=O)N2C(=O)OC(C)C)cc(OC)c(OC)c1C. The van der Waals surface area contributed by atoms with E-state index in [0.29, 0.717) is 33.9 Å². The van der Waals surface area contributed by atoms with Crippen LogP contribution in [0.5, 0.6) is 40.2 Å². The van der Waals surface area contributed by atoms with Gasteiger partial charge in [-0.3, -0.25) is 9.59 Å². The minimum atomic E-state index is -4.49. The standard InChI is InChI=1S/C45H52N2O14S/c1-26(2)60-45(50)47-36(21-31-22-37(55-8)41(57-10)28(4)39(31)59-25-53-6)43(48)46(24-30-14-16-33(54-7)17-15-30)35(44(47)49)20-32-23-38(56-9)42(58-11)29(5)40(32)61-62(51,52)34-18-12-27(3)13-19-34/h12-20,22-23,26,36H,21,24-25H2,1-11H3/b35-20-. The van der Waals surface area contributed by atoms with Gasteiger partial charge in [0, 0.05) is 35.8 Å². The number of rotatable bonds is 17. The van der Waals surface area contributed by atoms with Crippen LogP contribution in [0.2, 0.25) is 0 Å². The number of imide groups is 1. The number of carbonyl (C=O) groups is 3. The Morgan fingerprint density at radius 2 is 1.35 bits per heavy atom. The molecule has 4 aromatic rings. The number of nitrogens with zero attached hydrogens (tertiary/aromatic N) is 2. The van der Waals surface area contributed by atoms with Gasteiger partial charge >= 0.3 is 16.2 Å². The first-order valence-electron chi connectivity index (χ1n) is 19.4. The third kappa shape index (κ3) is 9.84. The van der Waals surface area contributed by atoms with E-state index in [9.17, 15) is 13.2 Å². The van der Waals surface area contributed by atoms with E-state index in [1.54, 1.807) is 70.2 Å². The van der Waals surface area contributed by atoms with Crippen molar-refractivity contribution in [1.29, 1.82) is 0 Å². The molecule has 1 unspecified atom stereocenters. The number of piperazine rings is 1. The summed E-state index contributed by atoms with van der Waals surface area (Å²) >= 11 is 0. The second-order valence-electron chi connectivity index (χ2n) is 14.4. The third-order valence-corrected chi connectivity index (χ3v) is 11.2. The first-order valence-corrected chi connectivity index (χ1v) is 20.8. The molecule has 1 saturated heterocycles. The molecule has 4 aromatic carbocycles. The van der Waals surface area contributed by atoms with Gasteiger partial charge in [0.2, 0.25) is 0 Å². The Morgan fingerprint density at radius 3 is 1.90 bits per heavy atom. The van der Waals surface area contributed by atoms with Crippen molar-refractivity contribution in [3.05, 3.63) is 99.7 Å². The predicted octanol–water partition coefficient (Wildman–Crippen LogP) is 6.77. The Kier molecular flexibility index (Phi) is 15.0. The van der Waals surface area contributed by atoms with Gasteiger partial charge in [0.05, 0.1) is 48.2 Å². The van der Waals surface area contributed by atoms with Crippen LogP contribution in [0, 0.1) is 20.8 Å². The molecule has 3 amide bonds. The van der Waals surface area contributed by atoms with Crippen LogP contribution in [0.1, 0.15) is 47.2 Å². The first kappa shape index (κ1) is 46.6. The molecule has 1 fully saturated rings. The fourth-order valence-electron chi connectivity index (χ4n) is 6.96. The summed E-state index contributed by atoms with van der Waals surface area (Å²) in [5.74, 6) is -0.0302. The molecule has 1 heterocycles. The topological polar surface area (TPSA) is 175 Å². The predicted molar refractivity (Wildman–Crippen MR) is 228 cm³/mol. The van der Waals surface area contributed by atoms with E-state index < -0.39 is 40.2 Å². The first-order chi connectivity index (χ1) is 29.5. The summed E-state index contributed by atoms with van der Waals surface area (Å²) in [4.78, 5) is 46.5. The Morgan fingerprint density at radius 1 is 0.758 bits per heavy atom. The number of ether oxygens (including phenoxy) is 8. The highest BCUT2D eigenvalue weighted by Crippen LogP contribution is 2.44. The van der Waals surface area contributed by atoms with Crippen LogP contribution < -0.4 is 32.6 Å². The highest BCUT2D eigenvalue weighted by atomic mass is 32.2. The zero-order chi connectivity index (χ0) is 45.5. The molecule has 5 rings (SSSR count). The molecular weight excluding hydrogens is 825 g/mol. The lowest BCUT2D eigenvalue weighted by Gasteiger charge is -2.40. The number of methoxy groups -OCH3 is 6. The number of aryl methyl sites for hydroxylation is 1. The minimum Gasteiger partial charge on any atom is -0.497 e. The van der Waals surface area contributed by atoms with Crippen molar-refractivity contribution in [2.24, 2.45) is 0 Å². The smallest absolute Gasteiger partial charge is 0.417 e. The van der Waals surface area contributed by atoms with Crippen LogP contribution in [0.15, 0.2) is 71.3 Å². The Balaban J connectivity index is 1.78. The van der Waals surface area contributed by atoms with E-state index in [1.165, 1.54) is 71.8 Å². The lowest BCUT2D eigenvalue weighted by atomic mass is 9.95. The van der Waals surface area contributed by atoms with Crippen molar-refractivity contribution in [3.8, 4) is 40.2 Å². The molecule has 0 saturated carbocycles. The molecule has 62 heavy (non-hydrogen) atoms. The van der Waals surface area contributed by atoms with Crippen molar-refractivity contribution in [1.82, 2.24) is 9.80 Å². The van der Waals surface area contributed by atoms with Crippen LogP contribution >= 0.6 is 0 Å². The third-order valence-electron chi connectivity index (χ3n) is 9.96. The summed E-state index contributed by atoms with van der Waals surface area (Å²) in [5, 5.41) is 0. The van der Waals surface area contributed by atoms with Crippen molar-refractivity contribution in [2.75, 3.05) is 49.5 Å². The van der Waals surface area contributed by atoms with Gasteiger partial charge < -0.3 is 47.0 Å². The largest absolute Gasteiger partial charge is 0.497 e. The normalized spacial score (nSPS) is 14.8. The number of carbonyl (C=O) groups excluding carboxylic acids is 3. The Bertz CT molecular complexity index is 2430. The van der Waals surface area contributed by atoms with Crippen LogP contribution in [-0.2, 0) is 42.1 Å². The van der Waals surface area contributed by atoms with E-state index in [0.717, 1.165) is 10.5 Å². The van der Waals surface area contributed by atoms with Gasteiger partial charge in [-0.1, -0.05) is 29.8 Å². The van der Waals surface area contributed by atoms with E-state index in [4.69, 9.17) is 42.1 Å². The minimum absolute atomic E-state index is 0.00751. The molecule has 0 bridgehead atoms. The van der Waals surface area contributed by atoms with Crippen LogP contribution in [0.4, 0.5) is 4.79 Å². The summed E-state index contributed by atoms with van der Waals surface area (Å²) in [6, 6.07) is 14.4. The maximum Gasteiger partial charge on any atom is 0.417 e. The maximum atomic E-state index is 15.3. The van der Waals surface area contributed by atoms with Gasteiger partial charge in [-0.2, -0.15) is 8.42 Å². The lowest BCUT2D eigenvalue weighted by molar-refractivity contribution is -0.149. The molecule has 0 spiro atoms. The van der Waals surface area contributed by atoms with Crippen LogP contribution in [0.25, 0.3) is 6.08 Å². The van der Waals surface area contributed by atoms with E-state index in [-0.39, 0.29) is 64.5 Å². The number of benzene rings is 4. The van der Waals surface area contributed by atoms with Crippen molar-refractivity contribution in [2.45, 2.75) is 64.6 Å². The zero-order valence-electron chi connectivity index (χ0n) is 36.6. The van der Waals surface area contributed by atoms with E-state index in [2.05, 4.69) is 0 Å². The second-order valence-corrected chi connectivity index (χ2v) is 16.0. The molecule has 17 heteroatoms. The maximum absolute atomic E-state index is 15.3. The van der Waals surface area contributed by atoms with Gasteiger partial charge in [-0.05, 0) is 82.7 Å². The molecule has 0 aromatic heterocycles. The van der Waals surface area contributed by atoms with E-state index >= 15 is 9.59 Å². The molecule has 332 valence electrons. The fraction of sp³-hybridized carbons (Fsp3) is 0.356. The highest BCUT2D eigenvalue weighted by Gasteiger charge is 2.48.